The van der Waals surface area contributed by atoms with Crippen LogP contribution in [0.1, 0.15) is 12.3 Å². The van der Waals surface area contributed by atoms with Gasteiger partial charge in [-0.2, -0.15) is 0 Å². The van der Waals surface area contributed by atoms with Crippen LogP contribution in [-0.4, -0.2) is 33.0 Å². The van der Waals surface area contributed by atoms with E-state index < -0.39 is 10.8 Å². The quantitative estimate of drug-likeness (QED) is 0.637. The van der Waals surface area contributed by atoms with Gasteiger partial charge in [-0.15, -0.1) is 5.10 Å². The Morgan fingerprint density at radius 3 is 2.93 bits per heavy atom. The van der Waals surface area contributed by atoms with E-state index in [1.807, 2.05) is 0 Å². The predicted molar refractivity (Wildman–Crippen MR) is 54.2 cm³/mol. The summed E-state index contributed by atoms with van der Waals surface area (Å²) < 4.78 is 15.8. The molecule has 1 atom stereocenters. The second-order valence-corrected chi connectivity index (χ2v) is 4.32. The van der Waals surface area contributed by atoms with E-state index in [1.54, 1.807) is 6.26 Å². The van der Waals surface area contributed by atoms with Gasteiger partial charge in [0, 0.05) is 29.4 Å². The molecule has 1 heterocycles. The molecule has 0 aliphatic heterocycles. The molecule has 0 fully saturated rings. The van der Waals surface area contributed by atoms with Gasteiger partial charge in [0.15, 0.2) is 0 Å². The molecule has 1 rings (SSSR count). The SMILES string of the molecule is CS(=O)CCCNc1nnc(CN)o1. The second-order valence-electron chi connectivity index (χ2n) is 2.76. The van der Waals surface area contributed by atoms with Crippen molar-refractivity contribution in [2.45, 2.75) is 13.0 Å². The van der Waals surface area contributed by atoms with Crippen molar-refractivity contribution in [3.63, 3.8) is 0 Å². The van der Waals surface area contributed by atoms with Gasteiger partial charge in [-0.25, -0.2) is 0 Å². The van der Waals surface area contributed by atoms with Crippen LogP contribution in [0.15, 0.2) is 4.42 Å². The van der Waals surface area contributed by atoms with Crippen LogP contribution in [0.25, 0.3) is 0 Å². The minimum atomic E-state index is -0.746. The molecule has 0 saturated carbocycles. The molecule has 6 nitrogen and oxygen atoms in total. The van der Waals surface area contributed by atoms with Crippen molar-refractivity contribution in [2.24, 2.45) is 5.73 Å². The third kappa shape index (κ3) is 3.84. The maximum Gasteiger partial charge on any atom is 0.315 e. The van der Waals surface area contributed by atoms with Crippen molar-refractivity contribution in [3.8, 4) is 0 Å². The summed E-state index contributed by atoms with van der Waals surface area (Å²) in [5, 5.41) is 10.3. The number of hydrogen-bond acceptors (Lipinski definition) is 6. The van der Waals surface area contributed by atoms with E-state index in [9.17, 15) is 4.21 Å². The Kier molecular flexibility index (Phi) is 4.54. The smallest absolute Gasteiger partial charge is 0.315 e. The number of nitrogens with one attached hydrogen (secondary N) is 1. The van der Waals surface area contributed by atoms with Crippen molar-refractivity contribution >= 4 is 16.8 Å². The van der Waals surface area contributed by atoms with Crippen molar-refractivity contribution < 1.29 is 8.63 Å². The van der Waals surface area contributed by atoms with Crippen LogP contribution in [0.4, 0.5) is 6.01 Å². The molecule has 14 heavy (non-hydrogen) atoms. The Morgan fingerprint density at radius 2 is 2.36 bits per heavy atom. The molecule has 0 radical (unpaired) electrons. The monoisotopic (exact) mass is 218 g/mol. The van der Waals surface area contributed by atoms with Gasteiger partial charge in [-0.1, -0.05) is 5.10 Å². The molecule has 0 spiro atoms. The lowest BCUT2D eigenvalue weighted by Crippen LogP contribution is -2.06. The molecule has 1 unspecified atom stereocenters. The van der Waals surface area contributed by atoms with Gasteiger partial charge in [-0.3, -0.25) is 4.21 Å². The largest absolute Gasteiger partial charge is 0.407 e. The molecule has 80 valence electrons. The van der Waals surface area contributed by atoms with E-state index in [1.165, 1.54) is 0 Å². The molecule has 0 saturated heterocycles. The first-order valence-electron chi connectivity index (χ1n) is 4.28. The molecule has 0 amide bonds. The lowest BCUT2D eigenvalue weighted by Gasteiger charge is -1.98. The van der Waals surface area contributed by atoms with Crippen LogP contribution in [0, 0.1) is 0 Å². The molecular formula is C7H14N4O2S. The predicted octanol–water partition coefficient (Wildman–Crippen LogP) is -0.291. The third-order valence-corrected chi connectivity index (χ3v) is 2.39. The number of anilines is 1. The van der Waals surface area contributed by atoms with Gasteiger partial charge in [0.2, 0.25) is 5.89 Å². The van der Waals surface area contributed by atoms with Gasteiger partial charge < -0.3 is 15.5 Å². The Morgan fingerprint density at radius 1 is 1.57 bits per heavy atom. The molecule has 1 aromatic heterocycles. The molecule has 0 aliphatic carbocycles. The number of nitrogens with two attached hydrogens (primary N) is 1. The highest BCUT2D eigenvalue weighted by Gasteiger charge is 2.02. The molecule has 0 bridgehead atoms. The summed E-state index contributed by atoms with van der Waals surface area (Å²) in [6.07, 6.45) is 2.49. The van der Waals surface area contributed by atoms with E-state index in [-0.39, 0.29) is 6.54 Å². The number of aromatic nitrogens is 2. The van der Waals surface area contributed by atoms with Gasteiger partial charge in [-0.05, 0) is 6.42 Å². The van der Waals surface area contributed by atoms with Gasteiger partial charge in [0.25, 0.3) is 0 Å². The van der Waals surface area contributed by atoms with E-state index in [0.29, 0.717) is 24.2 Å². The summed E-state index contributed by atoms with van der Waals surface area (Å²) in [5.74, 6) is 1.08. The number of hydrogen-bond donors (Lipinski definition) is 2. The van der Waals surface area contributed by atoms with Crippen LogP contribution in [0.2, 0.25) is 0 Å². The fourth-order valence-electron chi connectivity index (χ4n) is 0.878. The van der Waals surface area contributed by atoms with Crippen molar-refractivity contribution in [2.75, 3.05) is 23.9 Å². The molecular weight excluding hydrogens is 204 g/mol. The van der Waals surface area contributed by atoms with Crippen LogP contribution in [0.3, 0.4) is 0 Å². The summed E-state index contributed by atoms with van der Waals surface area (Å²) in [6, 6.07) is 0.368. The first-order chi connectivity index (χ1) is 6.72. The average molecular weight is 218 g/mol. The highest BCUT2D eigenvalue weighted by molar-refractivity contribution is 7.84. The zero-order valence-electron chi connectivity index (χ0n) is 8.02. The number of nitrogens with zero attached hydrogens (tertiary/aromatic N) is 2. The lowest BCUT2D eigenvalue weighted by molar-refractivity contribution is 0.507. The molecule has 0 aromatic carbocycles. The van der Waals surface area contributed by atoms with Crippen LogP contribution in [0.5, 0.6) is 0 Å². The highest BCUT2D eigenvalue weighted by Crippen LogP contribution is 2.03. The van der Waals surface area contributed by atoms with Crippen LogP contribution < -0.4 is 11.1 Å². The summed E-state index contributed by atoms with van der Waals surface area (Å²) in [7, 11) is -0.746. The normalized spacial score (nSPS) is 12.7. The Balaban J connectivity index is 2.21. The zero-order chi connectivity index (χ0) is 10.4. The summed E-state index contributed by atoms with van der Waals surface area (Å²) >= 11 is 0. The molecule has 7 heteroatoms. The summed E-state index contributed by atoms with van der Waals surface area (Å²) in [6.45, 7) is 0.916. The molecule has 3 N–H and O–H groups in total. The first-order valence-corrected chi connectivity index (χ1v) is 6.01. The van der Waals surface area contributed by atoms with Crippen molar-refractivity contribution in [1.82, 2.24) is 10.2 Å². The fraction of sp³-hybridized carbons (Fsp3) is 0.714. The second kappa shape index (κ2) is 5.71. The minimum absolute atomic E-state index is 0.244. The maximum atomic E-state index is 10.7. The fourth-order valence-corrected chi connectivity index (χ4v) is 1.43. The summed E-state index contributed by atoms with van der Waals surface area (Å²) in [5.41, 5.74) is 5.29. The average Bonchev–Trinajstić information content (AvgIpc) is 2.60. The van der Waals surface area contributed by atoms with E-state index in [4.69, 9.17) is 10.2 Å². The maximum absolute atomic E-state index is 10.7. The highest BCUT2D eigenvalue weighted by atomic mass is 32.2. The van der Waals surface area contributed by atoms with Gasteiger partial charge in [0.05, 0.1) is 6.54 Å². The Hall–Kier alpha value is -0.950. The number of rotatable bonds is 6. The van der Waals surface area contributed by atoms with E-state index in [0.717, 1.165) is 6.42 Å². The summed E-state index contributed by atoms with van der Waals surface area (Å²) in [4.78, 5) is 0. The molecule has 1 aromatic rings. The van der Waals surface area contributed by atoms with E-state index >= 15 is 0 Å². The van der Waals surface area contributed by atoms with Gasteiger partial charge in [0.1, 0.15) is 0 Å². The topological polar surface area (TPSA) is 94.0 Å². The third-order valence-electron chi connectivity index (χ3n) is 1.53. The van der Waals surface area contributed by atoms with Crippen molar-refractivity contribution in [1.29, 1.82) is 0 Å². The first kappa shape index (κ1) is 11.1. The van der Waals surface area contributed by atoms with E-state index in [2.05, 4.69) is 15.5 Å². The minimum Gasteiger partial charge on any atom is -0.407 e. The van der Waals surface area contributed by atoms with Crippen molar-refractivity contribution in [3.05, 3.63) is 5.89 Å². The van der Waals surface area contributed by atoms with Gasteiger partial charge >= 0.3 is 6.01 Å². The standard InChI is InChI=1S/C7H14N4O2S/c1-14(12)4-2-3-9-7-11-10-6(5-8)13-7/h2-5,8H2,1H3,(H,9,11). The van der Waals surface area contributed by atoms with Crippen LogP contribution in [-0.2, 0) is 17.3 Å². The Bertz CT molecular complexity index is 302. The Labute approximate surface area is 84.7 Å². The lowest BCUT2D eigenvalue weighted by atomic mass is 10.5. The zero-order valence-corrected chi connectivity index (χ0v) is 8.84. The molecule has 0 aliphatic rings. The van der Waals surface area contributed by atoms with Crippen LogP contribution >= 0.6 is 0 Å².